The van der Waals surface area contributed by atoms with Gasteiger partial charge in [-0.05, 0) is 19.8 Å². The predicted octanol–water partition coefficient (Wildman–Crippen LogP) is 0.515. The molecule has 1 aromatic rings. The highest BCUT2D eigenvalue weighted by atomic mass is 32.1. The number of carbonyl (C=O) groups excluding carboxylic acids is 1. The van der Waals surface area contributed by atoms with Crippen molar-refractivity contribution in [3.8, 4) is 0 Å². The second-order valence-corrected chi connectivity index (χ2v) is 5.85. The molecule has 2 rings (SSSR count). The third-order valence-corrected chi connectivity index (χ3v) is 4.36. The molecule has 6 nitrogen and oxygen atoms in total. The van der Waals surface area contributed by atoms with Crippen molar-refractivity contribution in [3.63, 3.8) is 0 Å². The molecule has 1 fully saturated rings. The molecule has 0 aromatic carbocycles. The van der Waals surface area contributed by atoms with Gasteiger partial charge in [0, 0.05) is 30.2 Å². The number of anilines is 1. The summed E-state index contributed by atoms with van der Waals surface area (Å²) < 4.78 is 0. The number of nitrogens with zero attached hydrogens (tertiary/aromatic N) is 2. The average Bonchev–Trinajstić information content (AvgIpc) is 2.79. The minimum atomic E-state index is -0.194. The number of hydrogen-bond acceptors (Lipinski definition) is 6. The first kappa shape index (κ1) is 13.3. The lowest BCUT2D eigenvalue weighted by atomic mass is 9.93. The van der Waals surface area contributed by atoms with Crippen molar-refractivity contribution < 1.29 is 4.79 Å². The smallest absolute Gasteiger partial charge is 0.221 e. The van der Waals surface area contributed by atoms with E-state index >= 15 is 0 Å². The molecule has 0 radical (unpaired) electrons. The molecule has 1 saturated heterocycles. The number of likely N-dealkylation sites (tertiary alicyclic amines) is 1. The van der Waals surface area contributed by atoms with Crippen molar-refractivity contribution in [2.45, 2.75) is 32.4 Å². The van der Waals surface area contributed by atoms with Gasteiger partial charge >= 0.3 is 0 Å². The zero-order valence-corrected chi connectivity index (χ0v) is 11.2. The van der Waals surface area contributed by atoms with Crippen LogP contribution in [-0.2, 0) is 11.3 Å². The number of aromatic nitrogens is 1. The number of piperidine rings is 1. The van der Waals surface area contributed by atoms with Crippen LogP contribution in [0.5, 0.6) is 0 Å². The van der Waals surface area contributed by atoms with Crippen molar-refractivity contribution in [2.75, 3.05) is 12.0 Å². The molecule has 1 aliphatic heterocycles. The van der Waals surface area contributed by atoms with Crippen LogP contribution in [0.15, 0.2) is 6.20 Å². The van der Waals surface area contributed by atoms with Gasteiger partial charge in [0.1, 0.15) is 0 Å². The number of hydrogen-bond donors (Lipinski definition) is 3. The zero-order chi connectivity index (χ0) is 13.1. The number of nitrogen functional groups attached to an aromatic ring is 1. The van der Waals surface area contributed by atoms with E-state index in [0.717, 1.165) is 30.8 Å². The minimum absolute atomic E-state index is 0.0266. The molecule has 0 bridgehead atoms. The van der Waals surface area contributed by atoms with E-state index in [1.165, 1.54) is 11.3 Å². The first-order valence-corrected chi connectivity index (χ1v) is 6.86. The molecule has 2 atom stereocenters. The van der Waals surface area contributed by atoms with Gasteiger partial charge in [-0.25, -0.2) is 10.8 Å². The lowest BCUT2D eigenvalue weighted by Gasteiger charge is -2.36. The summed E-state index contributed by atoms with van der Waals surface area (Å²) in [6.07, 6.45) is 3.72. The van der Waals surface area contributed by atoms with Crippen LogP contribution in [-0.4, -0.2) is 28.4 Å². The summed E-state index contributed by atoms with van der Waals surface area (Å²) >= 11 is 1.53. The summed E-state index contributed by atoms with van der Waals surface area (Å²) in [6.45, 7) is 3.71. The van der Waals surface area contributed by atoms with E-state index in [-0.39, 0.29) is 11.8 Å². The Labute approximate surface area is 110 Å². The second-order valence-electron chi connectivity index (χ2n) is 4.73. The van der Waals surface area contributed by atoms with Crippen LogP contribution in [0.1, 0.15) is 24.6 Å². The van der Waals surface area contributed by atoms with Crippen LogP contribution in [0.3, 0.4) is 0 Å². The Bertz CT molecular complexity index is 421. The number of carbonyl (C=O) groups is 1. The Balaban J connectivity index is 1.99. The standard InChI is InChI=1S/C11H19N5OS/c1-7-2-3-8(10(12)17)5-16(7)6-9-4-14-11(15-13)18-9/h4,7-8H,2-3,5-6,13H2,1H3,(H2,12,17)(H,14,15). The minimum Gasteiger partial charge on any atom is -0.369 e. The molecule has 7 heteroatoms. The number of primary amides is 1. The van der Waals surface area contributed by atoms with Crippen LogP contribution in [0.25, 0.3) is 0 Å². The number of rotatable bonds is 4. The normalized spacial score (nSPS) is 25.0. The fraction of sp³-hybridized carbons (Fsp3) is 0.636. The maximum Gasteiger partial charge on any atom is 0.221 e. The van der Waals surface area contributed by atoms with Gasteiger partial charge < -0.3 is 5.73 Å². The summed E-state index contributed by atoms with van der Waals surface area (Å²) in [4.78, 5) is 18.8. The first-order chi connectivity index (χ1) is 8.60. The van der Waals surface area contributed by atoms with Crippen molar-refractivity contribution in [2.24, 2.45) is 17.5 Å². The quantitative estimate of drug-likeness (QED) is 0.547. The SMILES string of the molecule is CC1CCC(C(N)=O)CN1Cc1cnc(NN)s1. The third-order valence-electron chi connectivity index (χ3n) is 3.45. The Kier molecular flexibility index (Phi) is 4.15. The summed E-state index contributed by atoms with van der Waals surface area (Å²) in [5, 5.41) is 0.709. The molecule has 1 amide bonds. The van der Waals surface area contributed by atoms with E-state index in [1.807, 2.05) is 6.20 Å². The van der Waals surface area contributed by atoms with Gasteiger partial charge in [-0.3, -0.25) is 15.1 Å². The van der Waals surface area contributed by atoms with E-state index in [2.05, 4.69) is 22.2 Å². The molecule has 18 heavy (non-hydrogen) atoms. The Morgan fingerprint density at radius 1 is 1.67 bits per heavy atom. The van der Waals surface area contributed by atoms with Crippen LogP contribution >= 0.6 is 11.3 Å². The fourth-order valence-electron chi connectivity index (χ4n) is 2.28. The van der Waals surface area contributed by atoms with E-state index < -0.39 is 0 Å². The maximum atomic E-state index is 11.3. The van der Waals surface area contributed by atoms with Gasteiger partial charge in [0.15, 0.2) is 5.13 Å². The molecule has 0 saturated carbocycles. The van der Waals surface area contributed by atoms with Gasteiger partial charge in [-0.1, -0.05) is 11.3 Å². The lowest BCUT2D eigenvalue weighted by Crippen LogP contribution is -2.45. The second kappa shape index (κ2) is 5.64. The molecule has 0 spiro atoms. The highest BCUT2D eigenvalue weighted by Crippen LogP contribution is 2.26. The fourth-order valence-corrected chi connectivity index (χ4v) is 3.03. The van der Waals surface area contributed by atoms with Crippen molar-refractivity contribution >= 4 is 22.4 Å². The number of nitrogens with two attached hydrogens (primary N) is 2. The van der Waals surface area contributed by atoms with Crippen LogP contribution in [0.2, 0.25) is 0 Å². The van der Waals surface area contributed by atoms with Gasteiger partial charge in [0.05, 0.1) is 5.92 Å². The number of thiazole rings is 1. The van der Waals surface area contributed by atoms with Crippen LogP contribution < -0.4 is 17.0 Å². The molecule has 1 aliphatic rings. The van der Waals surface area contributed by atoms with Gasteiger partial charge in [0.25, 0.3) is 0 Å². The number of hydrazine groups is 1. The van der Waals surface area contributed by atoms with E-state index in [4.69, 9.17) is 11.6 Å². The lowest BCUT2D eigenvalue weighted by molar-refractivity contribution is -0.124. The van der Waals surface area contributed by atoms with Crippen molar-refractivity contribution in [3.05, 3.63) is 11.1 Å². The van der Waals surface area contributed by atoms with E-state index in [1.54, 1.807) is 0 Å². The van der Waals surface area contributed by atoms with Gasteiger partial charge in [-0.15, -0.1) is 0 Å². The van der Waals surface area contributed by atoms with Crippen LogP contribution in [0.4, 0.5) is 5.13 Å². The maximum absolute atomic E-state index is 11.3. The number of nitrogens with one attached hydrogen (secondary N) is 1. The number of amides is 1. The third kappa shape index (κ3) is 2.98. The first-order valence-electron chi connectivity index (χ1n) is 6.05. The summed E-state index contributed by atoms with van der Waals surface area (Å²) in [5.41, 5.74) is 7.93. The molecule has 5 N–H and O–H groups in total. The highest BCUT2D eigenvalue weighted by Gasteiger charge is 2.28. The topological polar surface area (TPSA) is 97.3 Å². The summed E-state index contributed by atoms with van der Waals surface area (Å²) in [7, 11) is 0. The summed E-state index contributed by atoms with van der Waals surface area (Å²) in [5.74, 6) is 5.09. The summed E-state index contributed by atoms with van der Waals surface area (Å²) in [6, 6.07) is 0.469. The van der Waals surface area contributed by atoms with E-state index in [0.29, 0.717) is 11.2 Å². The highest BCUT2D eigenvalue weighted by molar-refractivity contribution is 7.15. The van der Waals surface area contributed by atoms with Gasteiger partial charge in [-0.2, -0.15) is 0 Å². The zero-order valence-electron chi connectivity index (χ0n) is 10.4. The Hall–Kier alpha value is -1.18. The molecular weight excluding hydrogens is 250 g/mol. The van der Waals surface area contributed by atoms with Gasteiger partial charge in [0.2, 0.25) is 5.91 Å². The molecular formula is C11H19N5OS. The van der Waals surface area contributed by atoms with Crippen LogP contribution in [0, 0.1) is 5.92 Å². The van der Waals surface area contributed by atoms with Crippen molar-refractivity contribution in [1.29, 1.82) is 0 Å². The molecule has 2 heterocycles. The molecule has 1 aromatic heterocycles. The monoisotopic (exact) mass is 269 g/mol. The molecule has 100 valence electrons. The Morgan fingerprint density at radius 3 is 3.06 bits per heavy atom. The molecule has 0 aliphatic carbocycles. The average molecular weight is 269 g/mol. The Morgan fingerprint density at radius 2 is 2.44 bits per heavy atom. The van der Waals surface area contributed by atoms with Crippen molar-refractivity contribution in [1.82, 2.24) is 9.88 Å². The largest absolute Gasteiger partial charge is 0.369 e. The van der Waals surface area contributed by atoms with E-state index in [9.17, 15) is 4.79 Å². The molecule has 2 unspecified atom stereocenters. The predicted molar refractivity (Wildman–Crippen MR) is 71.7 cm³/mol.